The molecule has 1 aromatic heterocycles. The van der Waals surface area contributed by atoms with Crippen molar-refractivity contribution in [3.05, 3.63) is 63.9 Å². The van der Waals surface area contributed by atoms with E-state index in [9.17, 15) is 22.8 Å². The van der Waals surface area contributed by atoms with Crippen molar-refractivity contribution in [2.24, 2.45) is 0 Å². The van der Waals surface area contributed by atoms with Crippen molar-refractivity contribution >= 4 is 28.7 Å². The Morgan fingerprint density at radius 1 is 1.07 bits per heavy atom. The molecule has 1 heterocycles. The summed E-state index contributed by atoms with van der Waals surface area (Å²) in [6, 6.07) is 8.17. The number of amides is 2. The maximum atomic E-state index is 12.6. The Balaban J connectivity index is 1.74. The highest BCUT2D eigenvalue weighted by Crippen LogP contribution is 2.29. The Bertz CT molecular complexity index is 797. The molecule has 0 saturated carbocycles. The molecule has 1 aromatic carbocycles. The maximum Gasteiger partial charge on any atom is 0.416 e. The van der Waals surface area contributed by atoms with Gasteiger partial charge in [0, 0.05) is 19.2 Å². The number of halogens is 3. The van der Waals surface area contributed by atoms with Gasteiger partial charge in [0.15, 0.2) is 0 Å². The fourth-order valence-electron chi connectivity index (χ4n) is 2.25. The van der Waals surface area contributed by atoms with Gasteiger partial charge in [0.25, 0.3) is 5.91 Å². The summed E-state index contributed by atoms with van der Waals surface area (Å²) in [7, 11) is 0. The maximum absolute atomic E-state index is 12.6. The molecule has 8 heteroatoms. The van der Waals surface area contributed by atoms with Crippen molar-refractivity contribution in [2.75, 3.05) is 13.1 Å². The molecule has 0 spiro atoms. The van der Waals surface area contributed by atoms with E-state index in [4.69, 9.17) is 0 Å². The summed E-state index contributed by atoms with van der Waals surface area (Å²) in [5, 5.41) is 7.26. The van der Waals surface area contributed by atoms with Crippen molar-refractivity contribution in [2.45, 2.75) is 19.5 Å². The van der Waals surface area contributed by atoms with Gasteiger partial charge in [-0.25, -0.2) is 0 Å². The third kappa shape index (κ3) is 6.56. The summed E-state index contributed by atoms with van der Waals surface area (Å²) in [5.41, 5.74) is 0.377. The van der Waals surface area contributed by atoms with Crippen molar-refractivity contribution in [1.82, 2.24) is 10.6 Å². The first-order chi connectivity index (χ1) is 12.8. The quantitative estimate of drug-likeness (QED) is 0.547. The van der Waals surface area contributed by atoms with Crippen LogP contribution >= 0.6 is 11.3 Å². The van der Waals surface area contributed by atoms with Crippen LogP contribution in [-0.4, -0.2) is 24.9 Å². The summed E-state index contributed by atoms with van der Waals surface area (Å²) in [6.45, 7) is 2.46. The van der Waals surface area contributed by atoms with Crippen LogP contribution < -0.4 is 10.6 Å². The Morgan fingerprint density at radius 2 is 1.74 bits per heavy atom. The molecule has 2 aromatic rings. The number of alkyl halides is 3. The van der Waals surface area contributed by atoms with Gasteiger partial charge >= 0.3 is 6.18 Å². The molecule has 2 rings (SSSR count). The number of benzene rings is 1. The zero-order chi connectivity index (χ0) is 19.9. The van der Waals surface area contributed by atoms with Crippen LogP contribution in [0.25, 0.3) is 5.57 Å². The monoisotopic (exact) mass is 396 g/mol. The number of allylic oxidation sites excluding steroid dienone is 1. The summed E-state index contributed by atoms with van der Waals surface area (Å²) < 4.78 is 37.7. The minimum atomic E-state index is -4.38. The van der Waals surface area contributed by atoms with Crippen LogP contribution in [0.3, 0.4) is 0 Å². The van der Waals surface area contributed by atoms with Gasteiger partial charge in [0.2, 0.25) is 5.91 Å². The molecule has 0 atom stereocenters. The van der Waals surface area contributed by atoms with E-state index in [-0.39, 0.29) is 11.8 Å². The highest BCUT2D eigenvalue weighted by Gasteiger charge is 2.29. The SMILES string of the molecule is CC(=CC(=O)NCCCNC(=O)c1cccs1)c1ccc(C(F)(F)F)cc1. The van der Waals surface area contributed by atoms with Crippen LogP contribution in [0.5, 0.6) is 0 Å². The van der Waals surface area contributed by atoms with Gasteiger partial charge in [0.05, 0.1) is 10.4 Å². The molecular weight excluding hydrogens is 377 g/mol. The topological polar surface area (TPSA) is 58.2 Å². The molecule has 0 bridgehead atoms. The number of hydrogen-bond acceptors (Lipinski definition) is 3. The van der Waals surface area contributed by atoms with E-state index in [0.717, 1.165) is 12.1 Å². The summed E-state index contributed by atoms with van der Waals surface area (Å²) in [4.78, 5) is 24.2. The molecule has 4 nitrogen and oxygen atoms in total. The van der Waals surface area contributed by atoms with Gasteiger partial charge in [-0.15, -0.1) is 11.3 Å². The predicted octanol–water partition coefficient (Wildman–Crippen LogP) is 4.11. The molecule has 0 aliphatic carbocycles. The smallest absolute Gasteiger partial charge is 0.352 e. The van der Waals surface area contributed by atoms with Gasteiger partial charge < -0.3 is 10.6 Å². The third-order valence-electron chi connectivity index (χ3n) is 3.70. The number of carbonyl (C=O) groups excluding carboxylic acids is 2. The molecule has 0 aliphatic heterocycles. The van der Waals surface area contributed by atoms with Crippen LogP contribution in [0.1, 0.15) is 34.1 Å². The third-order valence-corrected chi connectivity index (χ3v) is 4.57. The first kappa shape index (κ1) is 20.7. The normalized spacial score (nSPS) is 11.9. The Hall–Kier alpha value is -2.61. The van der Waals surface area contributed by atoms with E-state index in [1.165, 1.54) is 29.5 Å². The van der Waals surface area contributed by atoms with Crippen molar-refractivity contribution < 1.29 is 22.8 Å². The summed E-state index contributed by atoms with van der Waals surface area (Å²) in [6.07, 6.45) is -2.48. The second-order valence-corrected chi connectivity index (χ2v) is 6.73. The van der Waals surface area contributed by atoms with E-state index in [1.807, 2.05) is 5.38 Å². The second kappa shape index (κ2) is 9.36. The van der Waals surface area contributed by atoms with E-state index >= 15 is 0 Å². The molecule has 0 radical (unpaired) electrons. The first-order valence-electron chi connectivity index (χ1n) is 8.23. The number of hydrogen-bond donors (Lipinski definition) is 2. The lowest BCUT2D eigenvalue weighted by atomic mass is 10.0. The molecule has 2 N–H and O–H groups in total. The average Bonchev–Trinajstić information content (AvgIpc) is 3.15. The van der Waals surface area contributed by atoms with Crippen molar-refractivity contribution in [1.29, 1.82) is 0 Å². The second-order valence-electron chi connectivity index (χ2n) is 5.78. The minimum Gasteiger partial charge on any atom is -0.352 e. The molecule has 144 valence electrons. The number of thiophene rings is 1. The zero-order valence-electron chi connectivity index (χ0n) is 14.6. The average molecular weight is 396 g/mol. The lowest BCUT2D eigenvalue weighted by molar-refractivity contribution is -0.137. The summed E-state index contributed by atoms with van der Waals surface area (Å²) >= 11 is 1.35. The van der Waals surface area contributed by atoms with Gasteiger partial charge in [0.1, 0.15) is 0 Å². The molecule has 2 amide bonds. The zero-order valence-corrected chi connectivity index (χ0v) is 15.4. The van der Waals surface area contributed by atoms with Crippen LogP contribution in [-0.2, 0) is 11.0 Å². The van der Waals surface area contributed by atoms with Gasteiger partial charge in [-0.1, -0.05) is 18.2 Å². The number of nitrogens with one attached hydrogen (secondary N) is 2. The molecule has 0 unspecified atom stereocenters. The van der Waals surface area contributed by atoms with Gasteiger partial charge in [-0.3, -0.25) is 9.59 Å². The fraction of sp³-hybridized carbons (Fsp3) is 0.263. The lowest BCUT2D eigenvalue weighted by Crippen LogP contribution is -2.28. The van der Waals surface area contributed by atoms with Crippen LogP contribution in [0.2, 0.25) is 0 Å². The number of carbonyl (C=O) groups is 2. The highest BCUT2D eigenvalue weighted by molar-refractivity contribution is 7.12. The van der Waals surface area contributed by atoms with Crippen LogP contribution in [0, 0.1) is 0 Å². The lowest BCUT2D eigenvalue weighted by Gasteiger charge is -2.08. The van der Waals surface area contributed by atoms with Crippen molar-refractivity contribution in [3.8, 4) is 0 Å². The highest BCUT2D eigenvalue weighted by atomic mass is 32.1. The van der Waals surface area contributed by atoms with Crippen molar-refractivity contribution in [3.63, 3.8) is 0 Å². The van der Waals surface area contributed by atoms with Crippen LogP contribution in [0.4, 0.5) is 13.2 Å². The van der Waals surface area contributed by atoms with Gasteiger partial charge in [-0.2, -0.15) is 13.2 Å². The Labute approximate surface area is 159 Å². The Morgan fingerprint density at radius 3 is 2.33 bits per heavy atom. The van der Waals surface area contributed by atoms with Crippen LogP contribution in [0.15, 0.2) is 47.9 Å². The summed E-state index contributed by atoms with van der Waals surface area (Å²) in [5.74, 6) is -0.480. The van der Waals surface area contributed by atoms with E-state index in [1.54, 1.807) is 19.1 Å². The molecule has 0 saturated heterocycles. The molecule has 0 fully saturated rings. The molecular formula is C19H19F3N2O2S. The predicted molar refractivity (Wildman–Crippen MR) is 99.4 cm³/mol. The Kier molecular flexibility index (Phi) is 7.18. The van der Waals surface area contributed by atoms with E-state index < -0.39 is 11.7 Å². The fourth-order valence-corrected chi connectivity index (χ4v) is 2.89. The molecule has 27 heavy (non-hydrogen) atoms. The minimum absolute atomic E-state index is 0.144. The van der Waals surface area contributed by atoms with E-state index in [2.05, 4.69) is 10.6 Å². The number of rotatable bonds is 7. The van der Waals surface area contributed by atoms with Gasteiger partial charge in [-0.05, 0) is 48.1 Å². The largest absolute Gasteiger partial charge is 0.416 e. The first-order valence-corrected chi connectivity index (χ1v) is 9.11. The standard InChI is InChI=1S/C19H19F3N2O2S/c1-13(14-5-7-15(8-6-14)19(20,21)22)12-17(25)23-9-3-10-24-18(26)16-4-2-11-27-16/h2,4-8,11-12H,3,9-10H2,1H3,(H,23,25)(H,24,26). The molecule has 0 aliphatic rings. The van der Waals surface area contributed by atoms with E-state index in [0.29, 0.717) is 35.5 Å².